The van der Waals surface area contributed by atoms with E-state index in [2.05, 4.69) is 138 Å². The number of hydrogen-bond acceptors (Lipinski definition) is 4. The van der Waals surface area contributed by atoms with Gasteiger partial charge in [-0.05, 0) is 61.7 Å². The fraction of sp³-hybridized carbons (Fsp3) is 0.189. The summed E-state index contributed by atoms with van der Waals surface area (Å²) in [5.74, 6) is 0.857. The van der Waals surface area contributed by atoms with Crippen molar-refractivity contribution in [1.29, 1.82) is 0 Å². The van der Waals surface area contributed by atoms with Crippen LogP contribution >= 0.6 is 7.05 Å². The molecule has 4 aromatic carbocycles. The number of fused-ring (bicyclic) bond motifs is 2. The second-order valence-corrected chi connectivity index (χ2v) is 14.9. The van der Waals surface area contributed by atoms with Crippen molar-refractivity contribution in [2.45, 2.75) is 40.0 Å². The topological polar surface area (TPSA) is 45.8 Å². The summed E-state index contributed by atoms with van der Waals surface area (Å²) in [5.41, 5.74) is 8.90. The maximum atomic E-state index is 5.96. The van der Waals surface area contributed by atoms with Crippen LogP contribution in [0.5, 0.6) is 0 Å². The first-order valence-corrected chi connectivity index (χ1v) is 16.5. The Bertz CT molecular complexity index is 2000. The van der Waals surface area contributed by atoms with Crippen LogP contribution in [0.1, 0.15) is 36.2 Å². The molecule has 7 rings (SSSR count). The Morgan fingerprint density at radius 1 is 0.767 bits per heavy atom. The molecule has 1 aromatic heterocycles. The number of nitrogens with zero attached hydrogens (tertiary/aromatic N) is 5. The third-order valence-corrected chi connectivity index (χ3v) is 12.8. The lowest BCUT2D eigenvalue weighted by molar-refractivity contribution is 0.639. The number of aromatic nitrogens is 2. The van der Waals surface area contributed by atoms with Gasteiger partial charge in [0.2, 0.25) is 0 Å². The summed E-state index contributed by atoms with van der Waals surface area (Å²) in [6.45, 7) is 11.1. The van der Waals surface area contributed by atoms with E-state index in [1.54, 1.807) is 0 Å². The number of allylic oxidation sites excluding steroid dienone is 2. The van der Waals surface area contributed by atoms with Gasteiger partial charge < -0.3 is 4.90 Å². The number of benzene rings is 4. The predicted octanol–water partition coefficient (Wildman–Crippen LogP) is 8.64. The minimum Gasteiger partial charge on any atom is -0.346 e. The third kappa shape index (κ3) is 4.02. The second-order valence-electron chi connectivity index (χ2n) is 12.0. The van der Waals surface area contributed by atoms with Crippen LogP contribution < -0.4 is 15.5 Å². The number of likely N-dealkylation sites (N-methyl/N-ethyl adjacent to an activating group) is 1. The van der Waals surface area contributed by atoms with Gasteiger partial charge in [0.25, 0.3) is 0 Å². The van der Waals surface area contributed by atoms with E-state index in [0.717, 1.165) is 28.2 Å². The first-order valence-electron chi connectivity index (χ1n) is 14.8. The van der Waals surface area contributed by atoms with E-state index >= 15 is 0 Å². The summed E-state index contributed by atoms with van der Waals surface area (Å²) in [6, 6.07) is 36.4. The lowest BCUT2D eigenvalue weighted by Crippen LogP contribution is -2.30. The molecule has 0 saturated heterocycles. The van der Waals surface area contributed by atoms with E-state index < -0.39 is 7.05 Å². The highest BCUT2D eigenvalue weighted by Gasteiger charge is 2.47. The van der Waals surface area contributed by atoms with Crippen LogP contribution in [0.2, 0.25) is 0 Å². The lowest BCUT2D eigenvalue weighted by atomic mass is 9.84. The number of para-hydroxylation sites is 2. The van der Waals surface area contributed by atoms with Gasteiger partial charge in [-0.2, -0.15) is 5.10 Å². The maximum absolute atomic E-state index is 5.96. The molecule has 6 heteroatoms. The Hall–Kier alpha value is -4.47. The SMILES string of the molecule is Cc1cccc(N=P2(c3ccccc3)C(=C3N(C)c4ccccc4C3(C)C)C=Nc3c2c(C)nn3-c2ccccc2)c1C. The third-order valence-electron chi connectivity index (χ3n) is 9.06. The fourth-order valence-corrected chi connectivity index (χ4v) is 11.0. The van der Waals surface area contributed by atoms with Crippen molar-refractivity contribution in [2.75, 3.05) is 11.9 Å². The summed E-state index contributed by atoms with van der Waals surface area (Å²) in [5, 5.41) is 8.64. The molecule has 5 nitrogen and oxygen atoms in total. The molecule has 0 saturated carbocycles. The van der Waals surface area contributed by atoms with E-state index in [0.29, 0.717) is 0 Å². The molecule has 5 aromatic rings. The molecule has 2 aliphatic heterocycles. The van der Waals surface area contributed by atoms with Crippen molar-refractivity contribution in [2.24, 2.45) is 9.74 Å². The van der Waals surface area contributed by atoms with Crippen LogP contribution in [0.3, 0.4) is 0 Å². The molecule has 0 aliphatic carbocycles. The molecule has 0 amide bonds. The average molecular weight is 582 g/mol. The van der Waals surface area contributed by atoms with Crippen LogP contribution in [0.15, 0.2) is 124 Å². The normalized spacial score (nSPS) is 20.2. The second kappa shape index (κ2) is 10.1. The zero-order valence-corrected chi connectivity index (χ0v) is 26.5. The summed E-state index contributed by atoms with van der Waals surface area (Å²) in [6.07, 6.45) is 2.11. The highest BCUT2D eigenvalue weighted by molar-refractivity contribution is 7.86. The summed E-state index contributed by atoms with van der Waals surface area (Å²) in [4.78, 5) is 7.61. The molecule has 0 radical (unpaired) electrons. The molecule has 0 fully saturated rings. The highest BCUT2D eigenvalue weighted by Crippen LogP contribution is 2.65. The number of anilines is 1. The molecular weight excluding hydrogens is 545 g/mol. The van der Waals surface area contributed by atoms with Crippen LogP contribution in [0.4, 0.5) is 17.2 Å². The van der Waals surface area contributed by atoms with Gasteiger partial charge in [0.1, 0.15) is 0 Å². The smallest absolute Gasteiger partial charge is 0.165 e. The van der Waals surface area contributed by atoms with Crippen LogP contribution in [0.25, 0.3) is 5.69 Å². The molecule has 0 spiro atoms. The van der Waals surface area contributed by atoms with Crippen LogP contribution in [-0.2, 0) is 5.41 Å². The molecule has 0 bridgehead atoms. The van der Waals surface area contributed by atoms with Gasteiger partial charge in [0.05, 0.1) is 29.4 Å². The van der Waals surface area contributed by atoms with Crippen LogP contribution in [-0.4, -0.2) is 23.0 Å². The first-order chi connectivity index (χ1) is 20.7. The van der Waals surface area contributed by atoms with Crippen molar-refractivity contribution in [3.8, 4) is 5.69 Å². The van der Waals surface area contributed by atoms with E-state index in [1.165, 1.54) is 38.7 Å². The average Bonchev–Trinajstić information content (AvgIpc) is 3.47. The highest BCUT2D eigenvalue weighted by atomic mass is 31.2. The van der Waals surface area contributed by atoms with Gasteiger partial charge in [-0.1, -0.05) is 92.7 Å². The van der Waals surface area contributed by atoms with E-state index in [1.807, 2.05) is 22.9 Å². The Labute approximate surface area is 254 Å². The van der Waals surface area contributed by atoms with Crippen molar-refractivity contribution in [1.82, 2.24) is 9.78 Å². The molecule has 3 heterocycles. The van der Waals surface area contributed by atoms with E-state index in [4.69, 9.17) is 14.8 Å². The first kappa shape index (κ1) is 27.4. The van der Waals surface area contributed by atoms with Gasteiger partial charge in [-0.25, -0.2) is 9.67 Å². The maximum Gasteiger partial charge on any atom is 0.165 e. The standard InChI is InChI=1S/C37H36N5P/c1-25-16-15-22-31(26(25)2)40-43(29-19-11-8-12-20-29)33(35-37(4,5)30-21-13-14-23-32(30)41(35)6)24-38-36-34(43)27(3)39-42(36)28-17-9-7-10-18-28/h7-24H,1-6H3. The minimum absolute atomic E-state index is 0.259. The largest absolute Gasteiger partial charge is 0.346 e. The molecular formula is C37H36N5P. The predicted molar refractivity (Wildman–Crippen MR) is 182 cm³/mol. The zero-order chi connectivity index (χ0) is 29.9. The fourth-order valence-electron chi connectivity index (χ4n) is 6.82. The molecule has 2 aliphatic rings. The number of hydrogen-bond donors (Lipinski definition) is 0. The van der Waals surface area contributed by atoms with E-state index in [9.17, 15) is 0 Å². The lowest BCUT2D eigenvalue weighted by Gasteiger charge is -2.36. The summed E-state index contributed by atoms with van der Waals surface area (Å²) >= 11 is 0. The Morgan fingerprint density at radius 3 is 2.16 bits per heavy atom. The molecule has 1 unspecified atom stereocenters. The van der Waals surface area contributed by atoms with Crippen molar-refractivity contribution < 1.29 is 0 Å². The number of rotatable bonds is 3. The summed E-state index contributed by atoms with van der Waals surface area (Å²) in [7, 11) is -0.522. The van der Waals surface area contributed by atoms with Gasteiger partial charge in [0.15, 0.2) is 5.82 Å². The Morgan fingerprint density at radius 2 is 1.44 bits per heavy atom. The Kier molecular flexibility index (Phi) is 6.41. The van der Waals surface area contributed by atoms with Crippen molar-refractivity contribution in [3.05, 3.63) is 137 Å². The zero-order valence-electron chi connectivity index (χ0n) is 25.6. The Balaban J connectivity index is 1.69. The molecule has 43 heavy (non-hydrogen) atoms. The number of aliphatic imine (C=N–C) groups is 1. The van der Waals surface area contributed by atoms with Gasteiger partial charge in [-0.15, -0.1) is 0 Å². The number of aryl methyl sites for hydroxylation is 2. The molecule has 1 atom stereocenters. The monoisotopic (exact) mass is 581 g/mol. The van der Waals surface area contributed by atoms with Gasteiger partial charge in [0, 0.05) is 40.7 Å². The van der Waals surface area contributed by atoms with Gasteiger partial charge >= 0.3 is 0 Å². The summed E-state index contributed by atoms with van der Waals surface area (Å²) < 4.78 is 7.96. The van der Waals surface area contributed by atoms with Crippen LogP contribution in [0, 0.1) is 20.8 Å². The quantitative estimate of drug-likeness (QED) is 0.200. The van der Waals surface area contributed by atoms with Crippen molar-refractivity contribution >= 4 is 41.1 Å². The molecule has 214 valence electrons. The minimum atomic E-state index is -2.71. The molecule has 0 N–H and O–H groups in total. The van der Waals surface area contributed by atoms with E-state index in [-0.39, 0.29) is 5.41 Å². The van der Waals surface area contributed by atoms with Crippen molar-refractivity contribution in [3.63, 3.8) is 0 Å². The van der Waals surface area contributed by atoms with Gasteiger partial charge in [-0.3, -0.25) is 4.74 Å².